The van der Waals surface area contributed by atoms with Crippen LogP contribution in [0.1, 0.15) is 5.69 Å². The van der Waals surface area contributed by atoms with Crippen LogP contribution < -0.4 is 0 Å². The Morgan fingerprint density at radius 3 is 2.55 bits per heavy atom. The molecule has 0 aliphatic heterocycles. The summed E-state index contributed by atoms with van der Waals surface area (Å²) in [6.45, 7) is 1.55. The van der Waals surface area contributed by atoms with E-state index in [9.17, 15) is 18.9 Å². The van der Waals surface area contributed by atoms with E-state index < -0.39 is 27.8 Å². The average Bonchev–Trinajstić information content (AvgIpc) is 2.35. The second-order valence-corrected chi connectivity index (χ2v) is 4.90. The molecule has 0 amide bonds. The Hall–Kier alpha value is -1.67. The number of hydrogen-bond acceptors (Lipinski definition) is 4. The van der Waals surface area contributed by atoms with Crippen LogP contribution in [0.4, 0.5) is 14.5 Å². The van der Waals surface area contributed by atoms with Crippen molar-refractivity contribution in [3.63, 3.8) is 0 Å². The van der Waals surface area contributed by atoms with Gasteiger partial charge in [0.2, 0.25) is 5.82 Å². The monoisotopic (exact) mass is 363 g/mol. The maximum Gasteiger partial charge on any atom is 0.305 e. The number of nitrogens with zero attached hydrogens (tertiary/aromatic N) is 3. The smallest absolute Gasteiger partial charge is 0.258 e. The number of nitro benzene ring substituents is 1. The van der Waals surface area contributed by atoms with Gasteiger partial charge >= 0.3 is 5.69 Å². The van der Waals surface area contributed by atoms with Crippen LogP contribution in [-0.2, 0) is 0 Å². The Kier molecular flexibility index (Phi) is 3.96. The summed E-state index contributed by atoms with van der Waals surface area (Å²) in [6.07, 6.45) is 0. The van der Waals surface area contributed by atoms with Gasteiger partial charge < -0.3 is 0 Å². The zero-order chi connectivity index (χ0) is 15.0. The zero-order valence-electron chi connectivity index (χ0n) is 9.82. The molecule has 0 fully saturated rings. The third-order valence-electron chi connectivity index (χ3n) is 2.47. The molecule has 1 aromatic heterocycles. The molecule has 1 heterocycles. The number of halogens is 4. The highest BCUT2D eigenvalue weighted by atomic mass is 79.9. The van der Waals surface area contributed by atoms with Gasteiger partial charge in [0.05, 0.1) is 20.7 Å². The number of rotatable bonds is 2. The van der Waals surface area contributed by atoms with Gasteiger partial charge in [-0.05, 0) is 28.9 Å². The topological polar surface area (TPSA) is 68.9 Å². The second kappa shape index (κ2) is 5.37. The average molecular weight is 365 g/mol. The highest BCUT2D eigenvalue weighted by Gasteiger charge is 2.25. The Morgan fingerprint density at radius 2 is 2.00 bits per heavy atom. The van der Waals surface area contributed by atoms with Crippen LogP contribution in [-0.4, -0.2) is 14.9 Å². The molecule has 0 aliphatic carbocycles. The van der Waals surface area contributed by atoms with Crippen LogP contribution in [0.5, 0.6) is 0 Å². The fourth-order valence-corrected chi connectivity index (χ4v) is 1.92. The number of benzene rings is 1. The van der Waals surface area contributed by atoms with E-state index in [1.54, 1.807) is 6.92 Å². The molecular weight excluding hydrogens is 359 g/mol. The molecule has 1 aromatic carbocycles. The molecular formula is C11H5BrClF2N3O2. The molecule has 0 aliphatic rings. The lowest BCUT2D eigenvalue weighted by molar-refractivity contribution is -0.387. The van der Waals surface area contributed by atoms with Crippen molar-refractivity contribution in [2.75, 3.05) is 0 Å². The highest BCUT2D eigenvalue weighted by molar-refractivity contribution is 9.10. The van der Waals surface area contributed by atoms with Crippen molar-refractivity contribution in [1.29, 1.82) is 0 Å². The summed E-state index contributed by atoms with van der Waals surface area (Å²) in [5, 5.41) is 10.6. The molecule has 20 heavy (non-hydrogen) atoms. The van der Waals surface area contributed by atoms with E-state index in [1.807, 2.05) is 0 Å². The summed E-state index contributed by atoms with van der Waals surface area (Å²) < 4.78 is 28.1. The minimum Gasteiger partial charge on any atom is -0.258 e. The summed E-state index contributed by atoms with van der Waals surface area (Å²) in [5.41, 5.74) is -1.19. The lowest BCUT2D eigenvalue weighted by Crippen LogP contribution is -2.02. The molecule has 0 saturated heterocycles. The standard InChI is InChI=1S/C11H5BrClF2N3O2/c1-4-8(12)10(13)17-11(16-4)7-5(14)2-3-6(9(7)15)18(19)20/h2-3H,1H3. The Bertz CT molecular complexity index is 704. The Balaban J connectivity index is 2.76. The molecule has 2 rings (SSSR count). The fourth-order valence-electron chi connectivity index (χ4n) is 1.52. The summed E-state index contributed by atoms with van der Waals surface area (Å²) in [5.74, 6) is -2.70. The van der Waals surface area contributed by atoms with Crippen molar-refractivity contribution in [3.05, 3.63) is 49.2 Å². The molecule has 0 atom stereocenters. The van der Waals surface area contributed by atoms with Gasteiger partial charge in [-0.25, -0.2) is 14.4 Å². The van der Waals surface area contributed by atoms with Crippen molar-refractivity contribution in [2.24, 2.45) is 0 Å². The lowest BCUT2D eigenvalue weighted by atomic mass is 10.1. The van der Waals surface area contributed by atoms with Crippen molar-refractivity contribution in [1.82, 2.24) is 9.97 Å². The van der Waals surface area contributed by atoms with Crippen LogP contribution >= 0.6 is 27.5 Å². The summed E-state index contributed by atoms with van der Waals surface area (Å²) in [6, 6.07) is 1.52. The van der Waals surface area contributed by atoms with Crippen molar-refractivity contribution in [3.8, 4) is 11.4 Å². The first-order valence-electron chi connectivity index (χ1n) is 5.15. The predicted molar refractivity (Wildman–Crippen MR) is 71.5 cm³/mol. The van der Waals surface area contributed by atoms with E-state index in [-0.39, 0.29) is 11.0 Å². The highest BCUT2D eigenvalue weighted by Crippen LogP contribution is 2.32. The van der Waals surface area contributed by atoms with Gasteiger partial charge in [0.15, 0.2) is 5.82 Å². The zero-order valence-corrected chi connectivity index (χ0v) is 12.2. The number of aryl methyl sites for hydroxylation is 1. The lowest BCUT2D eigenvalue weighted by Gasteiger charge is -2.07. The van der Waals surface area contributed by atoms with E-state index in [0.717, 1.165) is 12.1 Å². The molecule has 0 bridgehead atoms. The summed E-state index contributed by atoms with van der Waals surface area (Å²) in [4.78, 5) is 17.3. The van der Waals surface area contributed by atoms with Gasteiger partial charge in [0, 0.05) is 6.07 Å². The molecule has 0 radical (unpaired) electrons. The minimum absolute atomic E-state index is 0.0437. The molecule has 9 heteroatoms. The third kappa shape index (κ3) is 2.48. The first-order valence-corrected chi connectivity index (χ1v) is 6.32. The molecule has 2 aromatic rings. The van der Waals surface area contributed by atoms with Crippen LogP contribution in [0.15, 0.2) is 16.6 Å². The minimum atomic E-state index is -1.34. The van der Waals surface area contributed by atoms with Gasteiger partial charge in [0.25, 0.3) is 0 Å². The predicted octanol–water partition coefficient (Wildman–Crippen LogP) is 4.05. The van der Waals surface area contributed by atoms with Crippen molar-refractivity contribution < 1.29 is 13.7 Å². The SMILES string of the molecule is Cc1nc(-c2c(F)ccc([N+](=O)[O-])c2F)nc(Cl)c1Br. The molecule has 0 N–H and O–H groups in total. The fraction of sp³-hybridized carbons (Fsp3) is 0.0909. The van der Waals surface area contributed by atoms with E-state index in [4.69, 9.17) is 11.6 Å². The van der Waals surface area contributed by atoms with Crippen molar-refractivity contribution >= 4 is 33.2 Å². The van der Waals surface area contributed by atoms with Crippen LogP contribution in [0, 0.1) is 28.7 Å². The Morgan fingerprint density at radius 1 is 1.35 bits per heavy atom. The largest absolute Gasteiger partial charge is 0.305 e. The van der Waals surface area contributed by atoms with Gasteiger partial charge in [-0.3, -0.25) is 10.1 Å². The third-order valence-corrected chi connectivity index (χ3v) is 3.92. The van der Waals surface area contributed by atoms with Gasteiger partial charge in [-0.15, -0.1) is 0 Å². The normalized spacial score (nSPS) is 10.7. The van der Waals surface area contributed by atoms with E-state index >= 15 is 0 Å². The van der Waals surface area contributed by atoms with Gasteiger partial charge in [0.1, 0.15) is 11.0 Å². The summed E-state index contributed by atoms with van der Waals surface area (Å²) >= 11 is 8.91. The van der Waals surface area contributed by atoms with Crippen LogP contribution in [0.3, 0.4) is 0 Å². The number of hydrogen-bond donors (Lipinski definition) is 0. The van der Waals surface area contributed by atoms with E-state index in [1.165, 1.54) is 0 Å². The molecule has 0 spiro atoms. The van der Waals surface area contributed by atoms with Crippen LogP contribution in [0.25, 0.3) is 11.4 Å². The first kappa shape index (κ1) is 14.7. The molecule has 0 unspecified atom stereocenters. The summed E-state index contributed by atoms with van der Waals surface area (Å²) in [7, 11) is 0. The maximum absolute atomic E-state index is 14.0. The Labute approximate surface area is 124 Å². The van der Waals surface area contributed by atoms with Gasteiger partial charge in [-0.1, -0.05) is 11.6 Å². The van der Waals surface area contributed by atoms with E-state index in [0.29, 0.717) is 10.2 Å². The molecule has 104 valence electrons. The molecule has 0 saturated carbocycles. The maximum atomic E-state index is 14.0. The number of aromatic nitrogens is 2. The van der Waals surface area contributed by atoms with Crippen molar-refractivity contribution in [2.45, 2.75) is 6.92 Å². The van der Waals surface area contributed by atoms with E-state index in [2.05, 4.69) is 25.9 Å². The number of nitro groups is 1. The second-order valence-electron chi connectivity index (χ2n) is 3.75. The first-order chi connectivity index (χ1) is 9.32. The molecule has 5 nitrogen and oxygen atoms in total. The quantitative estimate of drug-likeness (QED) is 0.458. The van der Waals surface area contributed by atoms with Crippen LogP contribution in [0.2, 0.25) is 5.15 Å². The van der Waals surface area contributed by atoms with Gasteiger partial charge in [-0.2, -0.15) is 4.39 Å².